The van der Waals surface area contributed by atoms with E-state index in [4.69, 9.17) is 4.74 Å². The molecule has 1 aliphatic rings. The van der Waals surface area contributed by atoms with Crippen molar-refractivity contribution >= 4 is 11.4 Å². The zero-order chi connectivity index (χ0) is 14.7. The van der Waals surface area contributed by atoms with Crippen LogP contribution in [0.2, 0.25) is 0 Å². The zero-order valence-electron chi connectivity index (χ0n) is 11.2. The van der Waals surface area contributed by atoms with Gasteiger partial charge in [0.2, 0.25) is 0 Å². The van der Waals surface area contributed by atoms with Crippen LogP contribution in [0.5, 0.6) is 5.75 Å². The molecule has 0 aromatic heterocycles. The summed E-state index contributed by atoms with van der Waals surface area (Å²) < 4.78 is 19.1. The maximum atomic E-state index is 14.1. The molecule has 0 bridgehead atoms. The van der Waals surface area contributed by atoms with Gasteiger partial charge in [-0.25, -0.2) is 4.39 Å². The Balaban J connectivity index is 2.43. The lowest BCUT2D eigenvalue weighted by Crippen LogP contribution is -2.42. The van der Waals surface area contributed by atoms with Crippen LogP contribution >= 0.6 is 0 Å². The second kappa shape index (κ2) is 6.04. The average Bonchev–Trinajstić information content (AvgIpc) is 2.46. The summed E-state index contributed by atoms with van der Waals surface area (Å²) in [6, 6.07) is 2.04. The van der Waals surface area contributed by atoms with Gasteiger partial charge in [0.1, 0.15) is 0 Å². The molecule has 110 valence electrons. The summed E-state index contributed by atoms with van der Waals surface area (Å²) in [5.41, 5.74) is -0.155. The number of nitrogens with zero attached hydrogens (tertiary/aromatic N) is 2. The maximum Gasteiger partial charge on any atom is 0.313 e. The fourth-order valence-corrected chi connectivity index (χ4v) is 2.57. The number of halogens is 1. The second-order valence-corrected chi connectivity index (χ2v) is 4.76. The van der Waals surface area contributed by atoms with E-state index in [-0.39, 0.29) is 24.1 Å². The standard InChI is InChI=1S/C13H17FN2O4/c1-20-13-7-11(10(14)6-12(13)16(18)19)15-5-3-2-4-9(15)8-17/h6-7,9,17H,2-5,8H2,1H3. The van der Waals surface area contributed by atoms with E-state index >= 15 is 0 Å². The van der Waals surface area contributed by atoms with Gasteiger partial charge in [-0.1, -0.05) is 0 Å². The van der Waals surface area contributed by atoms with Gasteiger partial charge in [0.05, 0.1) is 36.4 Å². The summed E-state index contributed by atoms with van der Waals surface area (Å²) >= 11 is 0. The summed E-state index contributed by atoms with van der Waals surface area (Å²) in [4.78, 5) is 11.9. The van der Waals surface area contributed by atoms with Gasteiger partial charge in [-0.2, -0.15) is 0 Å². The summed E-state index contributed by atoms with van der Waals surface area (Å²) in [5, 5.41) is 20.2. The minimum Gasteiger partial charge on any atom is -0.490 e. The normalized spacial score (nSPS) is 18.9. The molecule has 1 unspecified atom stereocenters. The van der Waals surface area contributed by atoms with Crippen molar-refractivity contribution < 1.29 is 19.2 Å². The molecule has 1 fully saturated rings. The first-order valence-electron chi connectivity index (χ1n) is 6.48. The molecule has 1 heterocycles. The maximum absolute atomic E-state index is 14.1. The Morgan fingerprint density at radius 3 is 2.90 bits per heavy atom. The number of nitro groups is 1. The van der Waals surface area contributed by atoms with Crippen LogP contribution in [0.25, 0.3) is 0 Å². The molecular weight excluding hydrogens is 267 g/mol. The third-order valence-corrected chi connectivity index (χ3v) is 3.59. The quantitative estimate of drug-likeness (QED) is 0.677. The molecule has 20 heavy (non-hydrogen) atoms. The molecule has 1 aromatic carbocycles. The minimum atomic E-state index is -0.675. The highest BCUT2D eigenvalue weighted by Gasteiger charge is 2.27. The summed E-state index contributed by atoms with van der Waals surface area (Å²) in [6.07, 6.45) is 2.65. The van der Waals surface area contributed by atoms with E-state index in [0.29, 0.717) is 6.54 Å². The highest BCUT2D eigenvalue weighted by molar-refractivity contribution is 5.61. The van der Waals surface area contributed by atoms with Crippen LogP contribution in [0.4, 0.5) is 15.8 Å². The molecule has 1 N–H and O–H groups in total. The van der Waals surface area contributed by atoms with Gasteiger partial charge in [-0.05, 0) is 19.3 Å². The van der Waals surface area contributed by atoms with Gasteiger partial charge in [-0.15, -0.1) is 0 Å². The number of ether oxygens (including phenoxy) is 1. The monoisotopic (exact) mass is 284 g/mol. The molecular formula is C13H17FN2O4. The molecule has 0 spiro atoms. The van der Waals surface area contributed by atoms with Crippen molar-refractivity contribution in [2.45, 2.75) is 25.3 Å². The Labute approximate surface area is 115 Å². The van der Waals surface area contributed by atoms with E-state index < -0.39 is 16.4 Å². The average molecular weight is 284 g/mol. The van der Waals surface area contributed by atoms with Crippen molar-refractivity contribution in [2.75, 3.05) is 25.2 Å². The number of rotatable bonds is 4. The van der Waals surface area contributed by atoms with E-state index in [9.17, 15) is 19.6 Å². The van der Waals surface area contributed by atoms with E-state index in [2.05, 4.69) is 0 Å². The molecule has 0 radical (unpaired) electrons. The Kier molecular flexibility index (Phi) is 4.39. The zero-order valence-corrected chi connectivity index (χ0v) is 11.2. The lowest BCUT2D eigenvalue weighted by Gasteiger charge is -2.36. The molecule has 2 rings (SSSR count). The largest absolute Gasteiger partial charge is 0.490 e. The fraction of sp³-hybridized carbons (Fsp3) is 0.538. The van der Waals surface area contributed by atoms with Gasteiger partial charge in [-0.3, -0.25) is 10.1 Å². The summed E-state index contributed by atoms with van der Waals surface area (Å²) in [6.45, 7) is 0.544. The van der Waals surface area contributed by atoms with Crippen molar-refractivity contribution in [3.05, 3.63) is 28.1 Å². The minimum absolute atomic E-state index is 0.0219. The summed E-state index contributed by atoms with van der Waals surface area (Å²) in [7, 11) is 1.31. The molecule has 0 saturated carbocycles. The Morgan fingerprint density at radius 1 is 1.55 bits per heavy atom. The molecule has 1 saturated heterocycles. The van der Waals surface area contributed by atoms with E-state index in [1.54, 1.807) is 4.90 Å². The predicted molar refractivity (Wildman–Crippen MR) is 71.7 cm³/mol. The van der Waals surface area contributed by atoms with Crippen molar-refractivity contribution in [3.8, 4) is 5.75 Å². The number of benzene rings is 1. The van der Waals surface area contributed by atoms with Crippen LogP contribution in [0.3, 0.4) is 0 Å². The van der Waals surface area contributed by atoms with Crippen LogP contribution in [0, 0.1) is 15.9 Å². The summed E-state index contributed by atoms with van der Waals surface area (Å²) in [5.74, 6) is -0.647. The molecule has 0 aliphatic carbocycles. The van der Waals surface area contributed by atoms with E-state index in [0.717, 1.165) is 25.3 Å². The number of piperidine rings is 1. The van der Waals surface area contributed by atoms with Crippen molar-refractivity contribution in [2.24, 2.45) is 0 Å². The third kappa shape index (κ3) is 2.67. The van der Waals surface area contributed by atoms with Gasteiger partial charge in [0.15, 0.2) is 11.6 Å². The second-order valence-electron chi connectivity index (χ2n) is 4.76. The number of hydrogen-bond acceptors (Lipinski definition) is 5. The van der Waals surface area contributed by atoms with Crippen molar-refractivity contribution in [1.29, 1.82) is 0 Å². The Bertz CT molecular complexity index is 509. The fourth-order valence-electron chi connectivity index (χ4n) is 2.57. The van der Waals surface area contributed by atoms with Gasteiger partial charge >= 0.3 is 5.69 Å². The molecule has 7 heteroatoms. The molecule has 1 aliphatic heterocycles. The van der Waals surface area contributed by atoms with Crippen LogP contribution in [-0.4, -0.2) is 36.3 Å². The molecule has 1 aromatic rings. The molecule has 6 nitrogen and oxygen atoms in total. The van der Waals surface area contributed by atoms with Crippen LogP contribution < -0.4 is 9.64 Å². The molecule has 1 atom stereocenters. The number of hydrogen-bond donors (Lipinski definition) is 1. The highest BCUT2D eigenvalue weighted by Crippen LogP contribution is 2.36. The van der Waals surface area contributed by atoms with Crippen LogP contribution in [0.1, 0.15) is 19.3 Å². The van der Waals surface area contributed by atoms with E-state index in [1.165, 1.54) is 13.2 Å². The van der Waals surface area contributed by atoms with Gasteiger partial charge < -0.3 is 14.7 Å². The van der Waals surface area contributed by atoms with Crippen LogP contribution in [-0.2, 0) is 0 Å². The lowest BCUT2D eigenvalue weighted by atomic mass is 10.0. The number of aliphatic hydroxyl groups is 1. The predicted octanol–water partition coefficient (Wildman–Crippen LogP) is 2.09. The van der Waals surface area contributed by atoms with Crippen molar-refractivity contribution in [1.82, 2.24) is 0 Å². The Morgan fingerprint density at radius 2 is 2.30 bits per heavy atom. The van der Waals surface area contributed by atoms with Gasteiger partial charge in [0, 0.05) is 12.6 Å². The van der Waals surface area contributed by atoms with Crippen LogP contribution in [0.15, 0.2) is 12.1 Å². The highest BCUT2D eigenvalue weighted by atomic mass is 19.1. The first-order chi connectivity index (χ1) is 9.58. The van der Waals surface area contributed by atoms with Crippen molar-refractivity contribution in [3.63, 3.8) is 0 Å². The number of methoxy groups -OCH3 is 1. The van der Waals surface area contributed by atoms with E-state index in [1.807, 2.05) is 0 Å². The molecule has 0 amide bonds. The topological polar surface area (TPSA) is 75.8 Å². The number of aliphatic hydroxyl groups excluding tert-OH is 1. The SMILES string of the molecule is COc1cc(N2CCCCC2CO)c(F)cc1[N+](=O)[O-]. The first-order valence-corrected chi connectivity index (χ1v) is 6.48. The Hall–Kier alpha value is -1.89. The smallest absolute Gasteiger partial charge is 0.313 e. The number of nitro benzene ring substituents is 1. The number of anilines is 1. The lowest BCUT2D eigenvalue weighted by molar-refractivity contribution is -0.385. The van der Waals surface area contributed by atoms with Gasteiger partial charge in [0.25, 0.3) is 0 Å². The first kappa shape index (κ1) is 14.5. The third-order valence-electron chi connectivity index (χ3n) is 3.59.